The molecule has 1 aliphatic rings. The van der Waals surface area contributed by atoms with E-state index in [0.717, 1.165) is 22.2 Å². The van der Waals surface area contributed by atoms with Crippen LogP contribution in [0.1, 0.15) is 36.2 Å². The number of phenols is 1. The molecule has 1 amide bonds. The number of nitrogens with one attached hydrogen (secondary N) is 1. The van der Waals surface area contributed by atoms with Crippen molar-refractivity contribution in [3.63, 3.8) is 0 Å². The summed E-state index contributed by atoms with van der Waals surface area (Å²) in [5.74, 6) is -0.443. The number of benzene rings is 2. The predicted molar refractivity (Wildman–Crippen MR) is 110 cm³/mol. The molecule has 6 nitrogen and oxygen atoms in total. The summed E-state index contributed by atoms with van der Waals surface area (Å²) in [5.41, 5.74) is 3.72. The zero-order valence-corrected chi connectivity index (χ0v) is 16.8. The molecule has 2 aromatic carbocycles. The van der Waals surface area contributed by atoms with Crippen molar-refractivity contribution in [2.24, 2.45) is 0 Å². The van der Waals surface area contributed by atoms with Crippen LogP contribution in [0.4, 0.5) is 9.18 Å². The Morgan fingerprint density at radius 1 is 1.37 bits per heavy atom. The molecule has 1 unspecified atom stereocenters. The van der Waals surface area contributed by atoms with Crippen molar-refractivity contribution in [1.82, 2.24) is 9.88 Å². The molecule has 4 rings (SSSR count). The molecule has 3 aromatic rings. The number of ether oxygens (including phenoxy) is 1. The summed E-state index contributed by atoms with van der Waals surface area (Å²) in [6.45, 7) is 3.80. The molecule has 0 aliphatic heterocycles. The average Bonchev–Trinajstić information content (AvgIpc) is 3.21. The van der Waals surface area contributed by atoms with Gasteiger partial charge in [-0.15, -0.1) is 0 Å². The number of carbonyl (C=O) groups is 1. The van der Waals surface area contributed by atoms with Gasteiger partial charge in [0.15, 0.2) is 0 Å². The molecule has 1 aromatic heterocycles. The second-order valence-corrected chi connectivity index (χ2v) is 7.80. The highest BCUT2D eigenvalue weighted by atomic mass is 19.1. The summed E-state index contributed by atoms with van der Waals surface area (Å²) >= 11 is 0. The lowest BCUT2D eigenvalue weighted by atomic mass is 10.1. The van der Waals surface area contributed by atoms with Gasteiger partial charge in [-0.3, -0.25) is 0 Å². The summed E-state index contributed by atoms with van der Waals surface area (Å²) in [5, 5.41) is 23.7. The number of fused-ring (bicyclic) bond motifs is 3. The predicted octanol–water partition coefficient (Wildman–Crippen LogP) is 4.01. The number of carbonyl (C=O) groups excluding carboxylic acids is 1. The van der Waals surface area contributed by atoms with Crippen molar-refractivity contribution >= 4 is 17.0 Å². The number of alkyl carbamates (subject to hydrolysis) is 1. The van der Waals surface area contributed by atoms with Gasteiger partial charge in [0.05, 0.1) is 23.7 Å². The Morgan fingerprint density at radius 2 is 2.17 bits per heavy atom. The molecule has 1 atom stereocenters. The fourth-order valence-electron chi connectivity index (χ4n) is 4.18. The van der Waals surface area contributed by atoms with Gasteiger partial charge in [0, 0.05) is 29.1 Å². The van der Waals surface area contributed by atoms with Crippen LogP contribution in [-0.2, 0) is 24.1 Å². The summed E-state index contributed by atoms with van der Waals surface area (Å²) in [6, 6.07) is 11.5. The maximum atomic E-state index is 13.8. The van der Waals surface area contributed by atoms with Crippen molar-refractivity contribution in [2.75, 3.05) is 0 Å². The molecule has 0 saturated carbocycles. The average molecular weight is 407 g/mol. The van der Waals surface area contributed by atoms with Crippen LogP contribution in [0.15, 0.2) is 36.4 Å². The van der Waals surface area contributed by atoms with Crippen LogP contribution in [0.25, 0.3) is 10.9 Å². The maximum absolute atomic E-state index is 13.8. The van der Waals surface area contributed by atoms with E-state index >= 15 is 0 Å². The number of hydrogen-bond acceptors (Lipinski definition) is 4. The second-order valence-electron chi connectivity index (χ2n) is 7.80. The van der Waals surface area contributed by atoms with Gasteiger partial charge in [-0.1, -0.05) is 12.1 Å². The third-order valence-electron chi connectivity index (χ3n) is 5.35. The molecule has 154 valence electrons. The second kappa shape index (κ2) is 7.71. The van der Waals surface area contributed by atoms with Gasteiger partial charge in [0.1, 0.15) is 17.6 Å². The van der Waals surface area contributed by atoms with Crippen LogP contribution >= 0.6 is 0 Å². The van der Waals surface area contributed by atoms with E-state index < -0.39 is 11.9 Å². The Balaban J connectivity index is 1.75. The smallest absolute Gasteiger partial charge is 0.407 e. The van der Waals surface area contributed by atoms with E-state index in [4.69, 9.17) is 4.74 Å². The number of phenolic OH excluding ortho intramolecular Hbond substituents is 1. The first-order valence-corrected chi connectivity index (χ1v) is 9.85. The van der Waals surface area contributed by atoms with Crippen LogP contribution in [0.5, 0.6) is 5.75 Å². The largest absolute Gasteiger partial charge is 0.508 e. The van der Waals surface area contributed by atoms with Gasteiger partial charge in [-0.05, 0) is 50.1 Å². The van der Waals surface area contributed by atoms with Crippen LogP contribution < -0.4 is 5.32 Å². The highest BCUT2D eigenvalue weighted by Crippen LogP contribution is 2.36. The van der Waals surface area contributed by atoms with Gasteiger partial charge >= 0.3 is 6.09 Å². The van der Waals surface area contributed by atoms with Crippen LogP contribution in [0.3, 0.4) is 0 Å². The molecule has 0 radical (unpaired) electrons. The van der Waals surface area contributed by atoms with Gasteiger partial charge in [-0.2, -0.15) is 5.26 Å². The molecule has 1 aliphatic carbocycles. The van der Waals surface area contributed by atoms with Gasteiger partial charge < -0.3 is 19.7 Å². The Kier molecular flexibility index (Phi) is 5.08. The lowest BCUT2D eigenvalue weighted by Gasteiger charge is -2.16. The number of para-hydroxylation sites is 1. The maximum Gasteiger partial charge on any atom is 0.407 e. The minimum Gasteiger partial charge on any atom is -0.508 e. The quantitative estimate of drug-likeness (QED) is 0.684. The number of amides is 1. The highest BCUT2D eigenvalue weighted by molar-refractivity contribution is 5.91. The lowest BCUT2D eigenvalue weighted by Crippen LogP contribution is -2.37. The summed E-state index contributed by atoms with van der Waals surface area (Å²) in [6.07, 6.45) is 0.489. The molecule has 0 bridgehead atoms. The Morgan fingerprint density at radius 3 is 2.90 bits per heavy atom. The third kappa shape index (κ3) is 3.57. The topological polar surface area (TPSA) is 87.3 Å². The first-order chi connectivity index (χ1) is 14.4. The SMILES string of the molecule is CC(C)OC(=O)NC1Cc2c(n(Cc3cc(F)ccc3O)c3c(C#N)cccc23)C1. The van der Waals surface area contributed by atoms with Crippen LogP contribution in [0, 0.1) is 17.1 Å². The van der Waals surface area contributed by atoms with Crippen molar-refractivity contribution in [2.45, 2.75) is 45.4 Å². The van der Waals surface area contributed by atoms with E-state index in [-0.39, 0.29) is 24.4 Å². The molecule has 1 heterocycles. The zero-order chi connectivity index (χ0) is 21.4. The Labute approximate surface area is 173 Å². The van der Waals surface area contributed by atoms with Gasteiger partial charge in [0.2, 0.25) is 0 Å². The molecular weight excluding hydrogens is 385 g/mol. The fourth-order valence-corrected chi connectivity index (χ4v) is 4.18. The van der Waals surface area contributed by atoms with E-state index in [1.807, 2.05) is 16.7 Å². The number of rotatable bonds is 4. The van der Waals surface area contributed by atoms with Gasteiger partial charge in [-0.25, -0.2) is 9.18 Å². The minimum absolute atomic E-state index is 0.00498. The molecule has 0 fully saturated rings. The number of aromatic nitrogens is 1. The number of nitriles is 1. The van der Waals surface area contributed by atoms with Crippen molar-refractivity contribution in [3.05, 3.63) is 64.6 Å². The van der Waals surface area contributed by atoms with Crippen molar-refractivity contribution < 1.29 is 19.0 Å². The van der Waals surface area contributed by atoms with E-state index in [2.05, 4.69) is 11.4 Å². The summed E-state index contributed by atoms with van der Waals surface area (Å²) in [7, 11) is 0. The lowest BCUT2D eigenvalue weighted by molar-refractivity contribution is 0.112. The number of nitrogens with zero attached hydrogens (tertiary/aromatic N) is 2. The zero-order valence-electron chi connectivity index (χ0n) is 16.8. The van der Waals surface area contributed by atoms with E-state index in [0.29, 0.717) is 24.0 Å². The van der Waals surface area contributed by atoms with Crippen molar-refractivity contribution in [1.29, 1.82) is 5.26 Å². The summed E-state index contributed by atoms with van der Waals surface area (Å²) in [4.78, 5) is 12.0. The van der Waals surface area contributed by atoms with E-state index in [1.165, 1.54) is 18.2 Å². The Bertz CT molecular complexity index is 1180. The third-order valence-corrected chi connectivity index (χ3v) is 5.35. The fraction of sp³-hybridized carbons (Fsp3) is 0.304. The molecule has 0 saturated heterocycles. The first-order valence-electron chi connectivity index (χ1n) is 9.85. The molecule has 7 heteroatoms. The number of hydrogen-bond donors (Lipinski definition) is 2. The van der Waals surface area contributed by atoms with E-state index in [9.17, 15) is 19.6 Å². The first kappa shape index (κ1) is 19.8. The Hall–Kier alpha value is -3.53. The van der Waals surface area contributed by atoms with E-state index in [1.54, 1.807) is 19.9 Å². The van der Waals surface area contributed by atoms with Crippen LogP contribution in [0.2, 0.25) is 0 Å². The highest BCUT2D eigenvalue weighted by Gasteiger charge is 2.31. The molecule has 2 N–H and O–H groups in total. The molecule has 30 heavy (non-hydrogen) atoms. The normalized spacial score (nSPS) is 15.2. The summed E-state index contributed by atoms with van der Waals surface area (Å²) < 4.78 is 20.9. The number of halogens is 1. The molecule has 0 spiro atoms. The van der Waals surface area contributed by atoms with Crippen molar-refractivity contribution in [3.8, 4) is 11.8 Å². The standard InChI is InChI=1S/C23H22FN3O3/c1-13(2)30-23(29)26-17-9-19-18-5-3-4-14(11-25)22(18)27(20(19)10-17)12-15-8-16(24)6-7-21(15)28/h3-8,13,17,28H,9-10,12H2,1-2H3,(H,26,29). The minimum atomic E-state index is -0.462. The van der Waals surface area contributed by atoms with Gasteiger partial charge in [0.25, 0.3) is 0 Å². The number of aromatic hydroxyl groups is 1. The molecular formula is C23H22FN3O3. The monoisotopic (exact) mass is 407 g/mol. The van der Waals surface area contributed by atoms with Crippen LogP contribution in [-0.4, -0.2) is 27.9 Å².